The summed E-state index contributed by atoms with van der Waals surface area (Å²) in [6.45, 7) is 0.936. The first kappa shape index (κ1) is 14.0. The Kier molecular flexibility index (Phi) is 5.32. The van der Waals surface area contributed by atoms with E-state index in [-0.39, 0.29) is 0 Å². The summed E-state index contributed by atoms with van der Waals surface area (Å²) >= 11 is 1.91. The van der Waals surface area contributed by atoms with Gasteiger partial charge in [0.25, 0.3) is 0 Å². The smallest absolute Gasteiger partial charge is 0.160 e. The van der Waals surface area contributed by atoms with Gasteiger partial charge in [-0.3, -0.25) is 0 Å². The minimum Gasteiger partial charge on any atom is -0.397 e. The Morgan fingerprint density at radius 3 is 2.79 bits per heavy atom. The number of thioether (sulfide) groups is 1. The van der Waals surface area contributed by atoms with Gasteiger partial charge in [-0.25, -0.2) is 4.63 Å². The molecule has 1 aromatic heterocycles. The molecule has 0 aliphatic carbocycles. The van der Waals surface area contributed by atoms with Crippen molar-refractivity contribution in [1.29, 1.82) is 0 Å². The average Bonchev–Trinajstić information content (AvgIpc) is 2.90. The van der Waals surface area contributed by atoms with Crippen molar-refractivity contribution in [3.63, 3.8) is 0 Å². The number of rotatable bonds is 8. The van der Waals surface area contributed by atoms with Crippen molar-refractivity contribution < 1.29 is 4.63 Å². The zero-order chi connectivity index (χ0) is 13.5. The molecule has 0 saturated carbocycles. The summed E-state index contributed by atoms with van der Waals surface area (Å²) < 4.78 is 4.74. The average molecular weight is 280 g/mol. The third-order valence-corrected chi connectivity index (χ3v) is 3.73. The van der Waals surface area contributed by atoms with E-state index in [0.717, 1.165) is 18.7 Å². The van der Waals surface area contributed by atoms with Gasteiger partial charge in [0.05, 0.1) is 11.4 Å². The molecule has 0 spiro atoms. The second kappa shape index (κ2) is 7.23. The van der Waals surface area contributed by atoms with Crippen molar-refractivity contribution in [1.82, 2.24) is 10.3 Å². The van der Waals surface area contributed by atoms with E-state index < -0.39 is 0 Å². The van der Waals surface area contributed by atoms with Gasteiger partial charge in [-0.05, 0) is 47.3 Å². The number of nitrogens with zero attached hydrogens (tertiary/aromatic N) is 2. The fourth-order valence-corrected chi connectivity index (χ4v) is 2.47. The van der Waals surface area contributed by atoms with Gasteiger partial charge in [0.2, 0.25) is 0 Å². The monoisotopic (exact) mass is 280 g/mol. The Morgan fingerprint density at radius 2 is 1.95 bits per heavy atom. The Balaban J connectivity index is 1.79. The fraction of sp³-hybridized carbons (Fsp3) is 0.538. The molecule has 0 unspecified atom stereocenters. The van der Waals surface area contributed by atoms with Gasteiger partial charge in [0.15, 0.2) is 11.0 Å². The molecule has 2 aromatic rings. The molecular formula is C13H20N4OS. The molecule has 0 radical (unpaired) electrons. The standard InChI is InChI=1S/C13H20N4OS/c1-19-9-5-3-2-4-8-15-11-7-6-10(14)12-13(11)17-18-16-12/h6-7,15H,2-5,8-9,14H2,1H3. The molecule has 0 aliphatic rings. The first-order valence-electron chi connectivity index (χ1n) is 6.56. The number of nitrogen functional groups attached to an aromatic ring is 1. The lowest BCUT2D eigenvalue weighted by atomic mass is 10.2. The van der Waals surface area contributed by atoms with Gasteiger partial charge in [-0.1, -0.05) is 12.8 Å². The van der Waals surface area contributed by atoms with E-state index in [0.29, 0.717) is 16.7 Å². The van der Waals surface area contributed by atoms with Gasteiger partial charge in [-0.15, -0.1) is 0 Å². The molecule has 0 atom stereocenters. The largest absolute Gasteiger partial charge is 0.397 e. The SMILES string of the molecule is CSCCCCCCNc1ccc(N)c2nonc12. The van der Waals surface area contributed by atoms with Gasteiger partial charge in [0, 0.05) is 6.54 Å². The van der Waals surface area contributed by atoms with Gasteiger partial charge in [0.1, 0.15) is 0 Å². The summed E-state index contributed by atoms with van der Waals surface area (Å²) in [6, 6.07) is 3.75. The lowest BCUT2D eigenvalue weighted by molar-refractivity contribution is 0.316. The van der Waals surface area contributed by atoms with Crippen molar-refractivity contribution in [2.45, 2.75) is 25.7 Å². The first-order chi connectivity index (χ1) is 9.33. The Hall–Kier alpha value is -1.43. The number of benzene rings is 1. The van der Waals surface area contributed by atoms with Crippen LogP contribution < -0.4 is 11.1 Å². The van der Waals surface area contributed by atoms with Crippen molar-refractivity contribution in [3.8, 4) is 0 Å². The third-order valence-electron chi connectivity index (χ3n) is 3.04. The number of aromatic nitrogens is 2. The molecule has 1 heterocycles. The van der Waals surface area contributed by atoms with Crippen LogP contribution in [0.25, 0.3) is 11.0 Å². The van der Waals surface area contributed by atoms with Crippen LogP contribution >= 0.6 is 11.8 Å². The predicted molar refractivity (Wildman–Crippen MR) is 81.6 cm³/mol. The van der Waals surface area contributed by atoms with Crippen molar-refractivity contribution >= 4 is 34.2 Å². The molecule has 1 aromatic carbocycles. The zero-order valence-corrected chi connectivity index (χ0v) is 12.0. The molecule has 19 heavy (non-hydrogen) atoms. The topological polar surface area (TPSA) is 77.0 Å². The second-order valence-electron chi connectivity index (χ2n) is 4.50. The Labute approximate surface area is 117 Å². The summed E-state index contributed by atoms with van der Waals surface area (Å²) in [7, 11) is 0. The van der Waals surface area contributed by atoms with Gasteiger partial charge in [-0.2, -0.15) is 11.8 Å². The molecule has 0 aliphatic heterocycles. The van der Waals surface area contributed by atoms with Crippen LogP contribution in [0.5, 0.6) is 0 Å². The van der Waals surface area contributed by atoms with E-state index in [2.05, 4.69) is 21.9 Å². The lowest BCUT2D eigenvalue weighted by Crippen LogP contribution is -2.02. The summed E-state index contributed by atoms with van der Waals surface area (Å²) in [6.07, 6.45) is 7.17. The van der Waals surface area contributed by atoms with Crippen LogP contribution in [0.15, 0.2) is 16.8 Å². The van der Waals surface area contributed by atoms with Crippen LogP contribution in [0.1, 0.15) is 25.7 Å². The normalized spacial score (nSPS) is 11.0. The number of fused-ring (bicyclic) bond motifs is 1. The third kappa shape index (κ3) is 3.76. The Bertz CT molecular complexity index is 514. The zero-order valence-electron chi connectivity index (χ0n) is 11.2. The highest BCUT2D eigenvalue weighted by molar-refractivity contribution is 7.98. The summed E-state index contributed by atoms with van der Waals surface area (Å²) in [4.78, 5) is 0. The van der Waals surface area contributed by atoms with Crippen LogP contribution in [0.3, 0.4) is 0 Å². The number of hydrogen-bond acceptors (Lipinski definition) is 6. The van der Waals surface area contributed by atoms with Crippen LogP contribution in [-0.4, -0.2) is 28.9 Å². The van der Waals surface area contributed by atoms with E-state index in [1.807, 2.05) is 23.9 Å². The molecule has 0 bridgehead atoms. The summed E-state index contributed by atoms with van der Waals surface area (Å²) in [5, 5.41) is 11.1. The number of unbranched alkanes of at least 4 members (excludes halogenated alkanes) is 3. The van der Waals surface area contributed by atoms with E-state index in [1.165, 1.54) is 25.0 Å². The minimum absolute atomic E-state index is 0.596. The maximum Gasteiger partial charge on any atom is 0.160 e. The number of anilines is 2. The van der Waals surface area contributed by atoms with E-state index in [9.17, 15) is 0 Å². The summed E-state index contributed by atoms with van der Waals surface area (Å²) in [5.41, 5.74) is 8.68. The first-order valence-corrected chi connectivity index (χ1v) is 7.96. The van der Waals surface area contributed by atoms with E-state index in [1.54, 1.807) is 0 Å². The molecule has 0 fully saturated rings. The minimum atomic E-state index is 0.596. The van der Waals surface area contributed by atoms with Crippen molar-refractivity contribution in [2.75, 3.05) is 29.6 Å². The Morgan fingerprint density at radius 1 is 1.16 bits per heavy atom. The van der Waals surface area contributed by atoms with Crippen LogP contribution in [0.2, 0.25) is 0 Å². The van der Waals surface area contributed by atoms with Crippen LogP contribution in [-0.2, 0) is 0 Å². The molecule has 104 valence electrons. The van der Waals surface area contributed by atoms with Crippen molar-refractivity contribution in [2.24, 2.45) is 0 Å². The highest BCUT2D eigenvalue weighted by Gasteiger charge is 2.09. The van der Waals surface area contributed by atoms with Crippen molar-refractivity contribution in [3.05, 3.63) is 12.1 Å². The predicted octanol–water partition coefficient (Wildman–Crippen LogP) is 3.14. The number of hydrogen-bond donors (Lipinski definition) is 2. The molecule has 2 rings (SSSR count). The highest BCUT2D eigenvalue weighted by Crippen LogP contribution is 2.25. The highest BCUT2D eigenvalue weighted by atomic mass is 32.2. The van der Waals surface area contributed by atoms with Crippen LogP contribution in [0, 0.1) is 0 Å². The number of nitrogens with two attached hydrogens (primary N) is 1. The molecule has 3 N–H and O–H groups in total. The maximum absolute atomic E-state index is 5.80. The second-order valence-corrected chi connectivity index (χ2v) is 5.48. The fourth-order valence-electron chi connectivity index (χ4n) is 1.98. The lowest BCUT2D eigenvalue weighted by Gasteiger charge is -2.06. The summed E-state index contributed by atoms with van der Waals surface area (Å²) in [5.74, 6) is 1.26. The molecule has 0 amide bonds. The van der Waals surface area contributed by atoms with E-state index >= 15 is 0 Å². The quantitative estimate of drug-likeness (QED) is 0.571. The molecule has 5 nitrogen and oxygen atoms in total. The maximum atomic E-state index is 5.80. The van der Waals surface area contributed by atoms with Gasteiger partial charge < -0.3 is 11.1 Å². The van der Waals surface area contributed by atoms with E-state index in [4.69, 9.17) is 10.4 Å². The molecule has 0 saturated heterocycles. The molecular weight excluding hydrogens is 260 g/mol. The van der Waals surface area contributed by atoms with Crippen LogP contribution in [0.4, 0.5) is 11.4 Å². The molecule has 6 heteroatoms. The number of nitrogens with one attached hydrogen (secondary N) is 1. The van der Waals surface area contributed by atoms with Gasteiger partial charge >= 0.3 is 0 Å².